The van der Waals surface area contributed by atoms with E-state index in [2.05, 4.69) is 70.1 Å². The molecule has 3 N–H and O–H groups in total. The Morgan fingerprint density at radius 2 is 1.52 bits per heavy atom. The number of phenolic OH excluding ortho intramolecular Hbond substituents is 1. The summed E-state index contributed by atoms with van der Waals surface area (Å²) in [5, 5.41) is 22.1. The number of amides is 1. The monoisotopic (exact) mass is 921 g/mol. The van der Waals surface area contributed by atoms with Crippen LogP contribution in [0.1, 0.15) is 12.5 Å². The number of ether oxygens (including phenoxy) is 2. The molecule has 0 bridgehead atoms. The molecule has 0 spiro atoms. The van der Waals surface area contributed by atoms with Crippen molar-refractivity contribution in [3.63, 3.8) is 0 Å². The normalized spacial score (nSPS) is 13.2. The molecule has 2 aromatic carbocycles. The van der Waals surface area contributed by atoms with E-state index in [1.54, 1.807) is 12.1 Å². The molecule has 0 aromatic heterocycles. The Bertz CT molecular complexity index is 1010. The van der Waals surface area contributed by atoms with Crippen molar-refractivity contribution in [2.45, 2.75) is 44.8 Å². The van der Waals surface area contributed by atoms with Gasteiger partial charge in [-0.15, -0.1) is 0 Å². The average Bonchev–Trinajstić information content (AvgIpc) is 2.67. The lowest BCUT2D eigenvalue weighted by atomic mass is 10.1. The van der Waals surface area contributed by atoms with Gasteiger partial charge in [0.05, 0.1) is 28.1 Å². The summed E-state index contributed by atoms with van der Waals surface area (Å²) < 4.78 is 14.4. The summed E-state index contributed by atoms with van der Waals surface area (Å²) in [6.45, 7) is 8.06. The van der Waals surface area contributed by atoms with E-state index in [1.807, 2.05) is 64.2 Å². The average molecular weight is 921 g/mol. The van der Waals surface area contributed by atoms with Gasteiger partial charge in [0, 0.05) is 6.42 Å². The van der Waals surface area contributed by atoms with Crippen molar-refractivity contribution in [2.75, 3.05) is 0 Å². The van der Waals surface area contributed by atoms with Crippen molar-refractivity contribution in [1.82, 2.24) is 5.32 Å². The lowest BCUT2D eigenvalue weighted by molar-refractivity contribution is -0.139. The number of phenols is 1. The molecule has 0 saturated carbocycles. The zero-order chi connectivity index (χ0) is 25.1. The Balaban J connectivity index is 2.18. The van der Waals surface area contributed by atoms with Gasteiger partial charge in [0.1, 0.15) is 17.5 Å². The van der Waals surface area contributed by atoms with E-state index in [4.69, 9.17) is 9.47 Å². The fourth-order valence-electron chi connectivity index (χ4n) is 2.50. The summed E-state index contributed by atoms with van der Waals surface area (Å²) in [4.78, 5) is 24.0. The molecule has 0 heterocycles. The molecule has 0 aliphatic carbocycles. The third kappa shape index (κ3) is 8.52. The second kappa shape index (κ2) is 12.2. The summed E-state index contributed by atoms with van der Waals surface area (Å²) >= 11 is 8.37. The van der Waals surface area contributed by atoms with Gasteiger partial charge < -0.3 is 25.0 Å². The third-order valence-electron chi connectivity index (χ3n) is 4.80. The summed E-state index contributed by atoms with van der Waals surface area (Å²) in [6, 6.07) is 6.04. The molecule has 0 aliphatic heterocycles. The maximum Gasteiger partial charge on any atom is 0.407 e. The number of aromatic hydroxyl groups is 1. The van der Waals surface area contributed by atoms with Crippen molar-refractivity contribution in [3.05, 3.63) is 44.1 Å². The number of hydrogen-bond acceptors (Lipinski definition) is 5. The highest BCUT2D eigenvalue weighted by Crippen LogP contribution is 2.37. The molecule has 2 atom stereocenters. The second-order valence-electron chi connectivity index (χ2n) is 8.38. The highest BCUT2D eigenvalue weighted by Gasteiger charge is 2.28. The minimum atomic E-state index is -1.70. The van der Waals surface area contributed by atoms with Crippen LogP contribution in [-0.4, -0.2) is 42.1 Å². The van der Waals surface area contributed by atoms with E-state index in [0.717, 1.165) is 12.7 Å². The Morgan fingerprint density at radius 3 is 1.97 bits per heavy atom. The molecule has 33 heavy (non-hydrogen) atoms. The third-order valence-corrected chi connectivity index (χ3v) is 10.6. The Kier molecular flexibility index (Phi) is 10.8. The predicted molar refractivity (Wildman–Crippen MR) is 163 cm³/mol. The highest BCUT2D eigenvalue weighted by molar-refractivity contribution is 14.1. The number of carboxylic acid groups (broad SMARTS) is 1. The highest BCUT2D eigenvalue weighted by atomic mass is 127. The number of carbonyl (C=O) groups is 2. The Morgan fingerprint density at radius 1 is 1.00 bits per heavy atom. The van der Waals surface area contributed by atoms with Crippen LogP contribution >= 0.6 is 90.4 Å². The first-order chi connectivity index (χ1) is 15.2. The molecule has 7 nitrogen and oxygen atoms in total. The van der Waals surface area contributed by atoms with Crippen molar-refractivity contribution in [2.24, 2.45) is 0 Å². The van der Waals surface area contributed by atoms with Gasteiger partial charge in [0.2, 0.25) is 0 Å². The number of carboxylic acids is 1. The van der Waals surface area contributed by atoms with E-state index in [0.29, 0.717) is 18.6 Å². The largest absolute Gasteiger partial charge is 0.506 e. The van der Waals surface area contributed by atoms with Crippen molar-refractivity contribution in [1.29, 1.82) is 0 Å². The van der Waals surface area contributed by atoms with Crippen molar-refractivity contribution >= 4 is 110 Å². The summed E-state index contributed by atoms with van der Waals surface area (Å²) in [5.74, 6) is 0.314. The summed E-state index contributed by atoms with van der Waals surface area (Å²) in [5.41, 5.74) is 0.508. The molecular formula is C21H23I4NO6Si. The van der Waals surface area contributed by atoms with Gasteiger partial charge in [-0.3, -0.25) is 0 Å². The first kappa shape index (κ1) is 29.1. The second-order valence-corrected chi connectivity index (χ2v) is 18.6. The standard InChI is InChI=1S/C21H23I4NO6Si/c1-10(33(2,3)4)31-21(30)26-17(20(28)29)7-11-5-15(24)19(16(25)6-11)32-12-8-13(22)18(27)14(23)9-12/h5-6,8-10,17,27H,7H2,1-4H3,(H,26,30)(H,28,29). The molecule has 0 radical (unpaired) electrons. The van der Waals surface area contributed by atoms with E-state index in [-0.39, 0.29) is 17.9 Å². The van der Waals surface area contributed by atoms with Gasteiger partial charge in [-0.1, -0.05) is 19.6 Å². The van der Waals surface area contributed by atoms with Crippen LogP contribution in [0, 0.1) is 14.3 Å². The van der Waals surface area contributed by atoms with Crippen LogP contribution in [0.15, 0.2) is 24.3 Å². The smallest absolute Gasteiger partial charge is 0.407 e. The van der Waals surface area contributed by atoms with Crippen molar-refractivity contribution in [3.8, 4) is 17.2 Å². The van der Waals surface area contributed by atoms with Crippen LogP contribution in [0.3, 0.4) is 0 Å². The van der Waals surface area contributed by atoms with Gasteiger partial charge in [0.15, 0.2) is 5.75 Å². The minimum absolute atomic E-state index is 0.104. The molecule has 1 amide bonds. The Hall–Kier alpha value is -0.0831. The fourth-order valence-corrected chi connectivity index (χ4v) is 6.79. The number of alkyl carbamates (subject to hydrolysis) is 1. The first-order valence-corrected chi connectivity index (χ1v) is 17.6. The van der Waals surface area contributed by atoms with Crippen LogP contribution < -0.4 is 10.1 Å². The Labute approximate surface area is 248 Å². The molecule has 12 heteroatoms. The number of nitrogens with one attached hydrogen (secondary N) is 1. The summed E-state index contributed by atoms with van der Waals surface area (Å²) in [6.07, 6.45) is -0.620. The maximum atomic E-state index is 12.3. The van der Waals surface area contributed by atoms with Gasteiger partial charge in [-0.25, -0.2) is 9.59 Å². The molecule has 0 aliphatic rings. The minimum Gasteiger partial charge on any atom is -0.506 e. The number of halogens is 4. The SMILES string of the molecule is CC(OC(=O)NC(Cc1cc(I)c(Oc2cc(I)c(O)c(I)c2)c(I)c1)C(=O)O)[Si](C)(C)C. The van der Waals surface area contributed by atoms with Crippen LogP contribution in [0.25, 0.3) is 0 Å². The van der Waals surface area contributed by atoms with Gasteiger partial charge in [-0.2, -0.15) is 0 Å². The number of rotatable bonds is 8. The fraction of sp³-hybridized carbons (Fsp3) is 0.333. The molecular weight excluding hydrogens is 898 g/mol. The molecule has 0 fully saturated rings. The zero-order valence-electron chi connectivity index (χ0n) is 18.2. The lowest BCUT2D eigenvalue weighted by Crippen LogP contribution is -2.47. The van der Waals surface area contributed by atoms with Crippen LogP contribution in [0.4, 0.5) is 4.79 Å². The van der Waals surface area contributed by atoms with Crippen molar-refractivity contribution < 1.29 is 29.3 Å². The number of carbonyl (C=O) groups excluding carboxylic acids is 1. The van der Waals surface area contributed by atoms with E-state index in [9.17, 15) is 19.8 Å². The maximum absolute atomic E-state index is 12.3. The lowest BCUT2D eigenvalue weighted by Gasteiger charge is -2.26. The molecule has 2 aromatic rings. The summed E-state index contributed by atoms with van der Waals surface area (Å²) in [7, 11) is -1.70. The van der Waals surface area contributed by atoms with Gasteiger partial charge in [0.25, 0.3) is 0 Å². The molecule has 2 unspecified atom stereocenters. The zero-order valence-corrected chi connectivity index (χ0v) is 27.8. The van der Waals surface area contributed by atoms with Crippen LogP contribution in [0.5, 0.6) is 17.2 Å². The van der Waals surface area contributed by atoms with E-state index >= 15 is 0 Å². The van der Waals surface area contributed by atoms with E-state index < -0.39 is 26.2 Å². The number of benzene rings is 2. The van der Waals surface area contributed by atoms with E-state index in [1.165, 1.54) is 0 Å². The molecule has 180 valence electrons. The predicted octanol–water partition coefficient (Wildman–Crippen LogP) is 6.59. The van der Waals surface area contributed by atoms with Gasteiger partial charge in [-0.05, 0) is 127 Å². The topological polar surface area (TPSA) is 105 Å². The van der Waals surface area contributed by atoms with Gasteiger partial charge >= 0.3 is 12.1 Å². The van der Waals surface area contributed by atoms with Crippen LogP contribution in [-0.2, 0) is 16.0 Å². The molecule has 2 rings (SSSR count). The number of hydrogen-bond donors (Lipinski definition) is 3. The number of aliphatic carboxylic acids is 1. The van der Waals surface area contributed by atoms with Crippen LogP contribution in [0.2, 0.25) is 19.6 Å². The quantitative estimate of drug-likeness (QED) is 0.204. The first-order valence-electron chi connectivity index (χ1n) is 9.72. The molecule has 0 saturated heterocycles.